The Bertz CT molecular complexity index is 1020. The summed E-state index contributed by atoms with van der Waals surface area (Å²) in [6, 6.07) is 10.1. The number of nitrogens with one attached hydrogen (secondary N) is 1. The van der Waals surface area contributed by atoms with Gasteiger partial charge in [0.1, 0.15) is 11.4 Å². The van der Waals surface area contributed by atoms with E-state index in [0.29, 0.717) is 24.4 Å². The first-order chi connectivity index (χ1) is 13.5. The maximum atomic E-state index is 12.3. The second-order valence-corrected chi connectivity index (χ2v) is 7.34. The average molecular weight is 398 g/mol. The number of rotatable bonds is 7. The SMILES string of the molecule is CCOc1ccc(C(=O)NCCn2nc(-c3sc(C)nc3C)ccc2=O)cc1. The van der Waals surface area contributed by atoms with Crippen LogP contribution in [0, 0.1) is 13.8 Å². The van der Waals surface area contributed by atoms with E-state index in [2.05, 4.69) is 15.4 Å². The molecule has 3 aromatic rings. The van der Waals surface area contributed by atoms with Crippen LogP contribution in [0.3, 0.4) is 0 Å². The molecule has 1 amide bonds. The van der Waals surface area contributed by atoms with Gasteiger partial charge in [0.2, 0.25) is 0 Å². The molecule has 0 radical (unpaired) electrons. The Balaban J connectivity index is 1.64. The number of aromatic nitrogens is 3. The van der Waals surface area contributed by atoms with E-state index in [1.807, 2.05) is 20.8 Å². The maximum absolute atomic E-state index is 12.3. The van der Waals surface area contributed by atoms with E-state index in [4.69, 9.17) is 4.74 Å². The summed E-state index contributed by atoms with van der Waals surface area (Å²) in [4.78, 5) is 29.7. The van der Waals surface area contributed by atoms with Crippen LogP contribution in [-0.4, -0.2) is 33.8 Å². The average Bonchev–Trinajstić information content (AvgIpc) is 3.02. The van der Waals surface area contributed by atoms with Gasteiger partial charge in [0.25, 0.3) is 11.5 Å². The van der Waals surface area contributed by atoms with Gasteiger partial charge in [-0.15, -0.1) is 11.3 Å². The number of benzene rings is 1. The van der Waals surface area contributed by atoms with Gasteiger partial charge in [-0.3, -0.25) is 9.59 Å². The lowest BCUT2D eigenvalue weighted by molar-refractivity contribution is 0.0951. The van der Waals surface area contributed by atoms with Gasteiger partial charge in [0, 0.05) is 18.2 Å². The third-order valence-electron chi connectivity index (χ3n) is 4.04. The van der Waals surface area contributed by atoms with Crippen molar-refractivity contribution in [1.29, 1.82) is 0 Å². The highest BCUT2D eigenvalue weighted by atomic mass is 32.1. The first kappa shape index (κ1) is 19.8. The van der Waals surface area contributed by atoms with E-state index >= 15 is 0 Å². The minimum absolute atomic E-state index is 0.207. The quantitative estimate of drug-likeness (QED) is 0.661. The number of amides is 1. The molecule has 0 bridgehead atoms. The van der Waals surface area contributed by atoms with Crippen LogP contribution in [-0.2, 0) is 6.54 Å². The summed E-state index contributed by atoms with van der Waals surface area (Å²) >= 11 is 1.54. The van der Waals surface area contributed by atoms with Crippen molar-refractivity contribution in [1.82, 2.24) is 20.1 Å². The first-order valence-corrected chi connectivity index (χ1v) is 9.83. The van der Waals surface area contributed by atoms with E-state index in [1.54, 1.807) is 41.7 Å². The molecule has 0 aliphatic rings. The second kappa shape index (κ2) is 8.79. The Labute approximate surface area is 167 Å². The Morgan fingerprint density at radius 1 is 1.18 bits per heavy atom. The molecule has 146 valence electrons. The van der Waals surface area contributed by atoms with E-state index in [-0.39, 0.29) is 18.0 Å². The molecule has 0 spiro atoms. The van der Waals surface area contributed by atoms with Crippen molar-refractivity contribution < 1.29 is 9.53 Å². The zero-order chi connectivity index (χ0) is 20.1. The van der Waals surface area contributed by atoms with Crippen molar-refractivity contribution in [2.24, 2.45) is 0 Å². The molecular weight excluding hydrogens is 376 g/mol. The van der Waals surface area contributed by atoms with Gasteiger partial charge in [-0.25, -0.2) is 9.67 Å². The van der Waals surface area contributed by atoms with Crippen molar-refractivity contribution in [2.75, 3.05) is 13.2 Å². The number of thiazole rings is 1. The van der Waals surface area contributed by atoms with Gasteiger partial charge in [-0.2, -0.15) is 5.10 Å². The lowest BCUT2D eigenvalue weighted by Gasteiger charge is -2.09. The minimum atomic E-state index is -0.210. The number of nitrogens with zero attached hydrogens (tertiary/aromatic N) is 3. The number of carbonyl (C=O) groups excluding carboxylic acids is 1. The van der Waals surface area contributed by atoms with Crippen molar-refractivity contribution >= 4 is 17.2 Å². The molecule has 0 saturated carbocycles. The predicted molar refractivity (Wildman–Crippen MR) is 109 cm³/mol. The minimum Gasteiger partial charge on any atom is -0.494 e. The van der Waals surface area contributed by atoms with Crippen molar-refractivity contribution in [3.8, 4) is 16.3 Å². The Hall–Kier alpha value is -3.00. The van der Waals surface area contributed by atoms with Crippen molar-refractivity contribution in [3.63, 3.8) is 0 Å². The van der Waals surface area contributed by atoms with Gasteiger partial charge in [-0.05, 0) is 51.1 Å². The lowest BCUT2D eigenvalue weighted by Crippen LogP contribution is -2.31. The fourth-order valence-electron chi connectivity index (χ4n) is 2.75. The summed E-state index contributed by atoms with van der Waals surface area (Å²) in [6.07, 6.45) is 0. The maximum Gasteiger partial charge on any atom is 0.266 e. The lowest BCUT2D eigenvalue weighted by atomic mass is 10.2. The Kier molecular flexibility index (Phi) is 6.20. The predicted octanol–water partition coefficient (Wildman–Crippen LogP) is 2.81. The van der Waals surface area contributed by atoms with Crippen LogP contribution in [0.5, 0.6) is 5.75 Å². The molecular formula is C20H22N4O3S. The Morgan fingerprint density at radius 2 is 1.93 bits per heavy atom. The van der Waals surface area contributed by atoms with Gasteiger partial charge >= 0.3 is 0 Å². The van der Waals surface area contributed by atoms with Gasteiger partial charge in [-0.1, -0.05) is 0 Å². The molecule has 1 N–H and O–H groups in total. The number of hydrogen-bond acceptors (Lipinski definition) is 6. The van der Waals surface area contributed by atoms with Crippen LogP contribution in [0.25, 0.3) is 10.6 Å². The summed E-state index contributed by atoms with van der Waals surface area (Å²) < 4.78 is 6.73. The van der Waals surface area contributed by atoms with Gasteiger partial charge in [0.05, 0.1) is 28.7 Å². The molecule has 0 aliphatic heterocycles. The van der Waals surface area contributed by atoms with Crippen LogP contribution in [0.1, 0.15) is 28.0 Å². The number of aryl methyl sites for hydroxylation is 2. The summed E-state index contributed by atoms with van der Waals surface area (Å²) in [7, 11) is 0. The molecule has 8 heteroatoms. The molecule has 28 heavy (non-hydrogen) atoms. The molecule has 0 unspecified atom stereocenters. The molecule has 7 nitrogen and oxygen atoms in total. The van der Waals surface area contributed by atoms with E-state index in [0.717, 1.165) is 21.3 Å². The van der Waals surface area contributed by atoms with Crippen LogP contribution in [0.4, 0.5) is 0 Å². The molecule has 0 aliphatic carbocycles. The molecule has 1 aromatic carbocycles. The first-order valence-electron chi connectivity index (χ1n) is 9.01. The second-order valence-electron chi connectivity index (χ2n) is 6.14. The summed E-state index contributed by atoms with van der Waals surface area (Å²) in [5.41, 5.74) is 1.93. The fourth-order valence-corrected chi connectivity index (χ4v) is 3.63. The Morgan fingerprint density at radius 3 is 2.57 bits per heavy atom. The van der Waals surface area contributed by atoms with Crippen molar-refractivity contribution in [3.05, 3.63) is 63.0 Å². The standard InChI is InChI=1S/C20H22N4O3S/c1-4-27-16-7-5-15(6-8-16)20(26)21-11-12-24-18(25)10-9-17(23-24)19-13(2)22-14(3)28-19/h5-10H,4,11-12H2,1-3H3,(H,21,26). The molecule has 0 saturated heterocycles. The fraction of sp³-hybridized carbons (Fsp3) is 0.300. The van der Waals surface area contributed by atoms with Crippen LogP contribution in [0.15, 0.2) is 41.2 Å². The molecule has 0 atom stereocenters. The van der Waals surface area contributed by atoms with E-state index in [9.17, 15) is 9.59 Å². The van der Waals surface area contributed by atoms with Gasteiger partial charge in [0.15, 0.2) is 0 Å². The monoisotopic (exact) mass is 398 g/mol. The summed E-state index contributed by atoms with van der Waals surface area (Å²) in [5.74, 6) is 0.515. The highest BCUT2D eigenvalue weighted by molar-refractivity contribution is 7.15. The summed E-state index contributed by atoms with van der Waals surface area (Å²) in [6.45, 7) is 6.92. The number of ether oxygens (including phenoxy) is 1. The van der Waals surface area contributed by atoms with E-state index < -0.39 is 0 Å². The van der Waals surface area contributed by atoms with E-state index in [1.165, 1.54) is 10.7 Å². The largest absolute Gasteiger partial charge is 0.494 e. The molecule has 2 aromatic heterocycles. The molecule has 2 heterocycles. The third kappa shape index (κ3) is 4.64. The van der Waals surface area contributed by atoms with Crippen LogP contribution < -0.4 is 15.6 Å². The van der Waals surface area contributed by atoms with Crippen LogP contribution in [0.2, 0.25) is 0 Å². The molecule has 3 rings (SSSR count). The zero-order valence-corrected chi connectivity index (χ0v) is 16.9. The number of carbonyl (C=O) groups is 1. The van der Waals surface area contributed by atoms with Gasteiger partial charge < -0.3 is 10.1 Å². The molecule has 0 fully saturated rings. The zero-order valence-electron chi connectivity index (χ0n) is 16.1. The summed E-state index contributed by atoms with van der Waals surface area (Å²) in [5, 5.41) is 8.19. The topological polar surface area (TPSA) is 86.1 Å². The normalized spacial score (nSPS) is 10.7. The highest BCUT2D eigenvalue weighted by Crippen LogP contribution is 2.27. The van der Waals surface area contributed by atoms with Crippen molar-refractivity contribution in [2.45, 2.75) is 27.3 Å². The third-order valence-corrected chi connectivity index (χ3v) is 5.13. The van der Waals surface area contributed by atoms with Crippen LogP contribution >= 0.6 is 11.3 Å². The number of hydrogen-bond donors (Lipinski definition) is 1. The highest BCUT2D eigenvalue weighted by Gasteiger charge is 2.11. The smallest absolute Gasteiger partial charge is 0.266 e.